The van der Waals surface area contributed by atoms with Crippen molar-refractivity contribution in [3.05, 3.63) is 62.0 Å². The molecule has 136 valence electrons. The summed E-state index contributed by atoms with van der Waals surface area (Å²) in [5.74, 6) is -0.0675. The Morgan fingerprint density at radius 1 is 1.37 bits per heavy atom. The lowest BCUT2D eigenvalue weighted by Gasteiger charge is -2.38. The zero-order valence-electron chi connectivity index (χ0n) is 14.7. The highest BCUT2D eigenvalue weighted by atomic mass is 32.1. The minimum Gasteiger partial charge on any atom is -0.384 e. The monoisotopic (exact) mass is 395 g/mol. The maximum Gasteiger partial charge on any atom is 0.216 e. The van der Waals surface area contributed by atoms with E-state index in [0.29, 0.717) is 38.9 Å². The van der Waals surface area contributed by atoms with E-state index in [1.54, 1.807) is 4.90 Å². The molecule has 3 N–H and O–H groups in total. The number of anilines is 1. The minimum atomic E-state index is -0.443. The van der Waals surface area contributed by atoms with Gasteiger partial charge in [-0.2, -0.15) is 5.26 Å². The van der Waals surface area contributed by atoms with Gasteiger partial charge in [0.05, 0.1) is 17.6 Å². The molecular formula is C19H17N5OS2. The molecule has 1 atom stereocenters. The van der Waals surface area contributed by atoms with E-state index in [1.165, 1.54) is 11.3 Å². The second-order valence-corrected chi connectivity index (χ2v) is 8.27. The number of aromatic amines is 1. The lowest BCUT2D eigenvalue weighted by Crippen LogP contribution is -2.38. The number of nitrogens with one attached hydrogen (secondary N) is 1. The Bertz CT molecular complexity index is 1080. The van der Waals surface area contributed by atoms with Crippen LogP contribution >= 0.6 is 23.6 Å². The van der Waals surface area contributed by atoms with Crippen LogP contribution in [0, 0.1) is 22.2 Å². The Hall–Kier alpha value is -2.76. The normalized spacial score (nSPS) is 19.9. The van der Waals surface area contributed by atoms with Crippen LogP contribution in [0.4, 0.5) is 5.13 Å². The van der Waals surface area contributed by atoms with Gasteiger partial charge in [0, 0.05) is 17.7 Å². The molecule has 0 fully saturated rings. The van der Waals surface area contributed by atoms with Crippen LogP contribution in [-0.2, 0) is 4.79 Å². The van der Waals surface area contributed by atoms with E-state index in [-0.39, 0.29) is 5.78 Å². The summed E-state index contributed by atoms with van der Waals surface area (Å²) in [5, 5.41) is 17.4. The van der Waals surface area contributed by atoms with Crippen LogP contribution in [0.5, 0.6) is 0 Å². The first-order chi connectivity index (χ1) is 13.0. The van der Waals surface area contributed by atoms with Crippen molar-refractivity contribution in [1.82, 2.24) is 10.2 Å². The zero-order valence-corrected chi connectivity index (χ0v) is 16.3. The van der Waals surface area contributed by atoms with Gasteiger partial charge in [-0.1, -0.05) is 41.2 Å². The largest absolute Gasteiger partial charge is 0.384 e. The van der Waals surface area contributed by atoms with Crippen molar-refractivity contribution in [2.45, 2.75) is 32.1 Å². The maximum atomic E-state index is 12.9. The molecule has 6 nitrogen and oxygen atoms in total. The summed E-state index contributed by atoms with van der Waals surface area (Å²) in [4.78, 5) is 14.7. The van der Waals surface area contributed by atoms with Gasteiger partial charge in [0.15, 0.2) is 9.74 Å². The SMILES string of the molecule is Cc1ccc(C2C(C#N)=C(N)N(c3n[nH]c(=S)s3)C3=C2C(=O)CCC3)cc1. The van der Waals surface area contributed by atoms with Crippen LogP contribution in [0.3, 0.4) is 0 Å². The highest BCUT2D eigenvalue weighted by molar-refractivity contribution is 7.73. The molecule has 1 aliphatic heterocycles. The second-order valence-electron chi connectivity index (χ2n) is 6.62. The predicted octanol–water partition coefficient (Wildman–Crippen LogP) is 3.81. The molecule has 8 heteroatoms. The fourth-order valence-corrected chi connectivity index (χ4v) is 4.63. The molecule has 0 saturated carbocycles. The molecule has 27 heavy (non-hydrogen) atoms. The van der Waals surface area contributed by atoms with E-state index >= 15 is 0 Å². The van der Waals surface area contributed by atoms with E-state index in [2.05, 4.69) is 16.3 Å². The molecule has 0 saturated heterocycles. The van der Waals surface area contributed by atoms with Crippen molar-refractivity contribution in [2.24, 2.45) is 5.73 Å². The first kappa shape index (κ1) is 17.6. The molecule has 1 unspecified atom stereocenters. The van der Waals surface area contributed by atoms with E-state index < -0.39 is 5.92 Å². The van der Waals surface area contributed by atoms with Crippen LogP contribution < -0.4 is 10.6 Å². The quantitative estimate of drug-likeness (QED) is 0.750. The van der Waals surface area contributed by atoms with Crippen molar-refractivity contribution >= 4 is 34.5 Å². The van der Waals surface area contributed by atoms with Crippen LogP contribution in [0.1, 0.15) is 36.3 Å². The first-order valence-electron chi connectivity index (χ1n) is 8.59. The number of aryl methyl sites for hydroxylation is 1. The van der Waals surface area contributed by atoms with Crippen molar-refractivity contribution in [2.75, 3.05) is 4.90 Å². The number of carbonyl (C=O) groups excluding carboxylic acids is 1. The number of ketones is 1. The molecule has 1 aromatic carbocycles. The fourth-order valence-electron chi connectivity index (χ4n) is 3.71. The summed E-state index contributed by atoms with van der Waals surface area (Å²) in [6.07, 6.45) is 1.93. The first-order valence-corrected chi connectivity index (χ1v) is 9.82. The highest BCUT2D eigenvalue weighted by Gasteiger charge is 2.41. The highest BCUT2D eigenvalue weighted by Crippen LogP contribution is 2.46. The molecule has 0 spiro atoms. The predicted molar refractivity (Wildman–Crippen MR) is 106 cm³/mol. The number of nitrogens with two attached hydrogens (primary N) is 1. The molecule has 2 heterocycles. The van der Waals surface area contributed by atoms with Crippen molar-refractivity contribution < 1.29 is 4.79 Å². The lowest BCUT2D eigenvalue weighted by atomic mass is 9.75. The van der Waals surface area contributed by atoms with Crippen molar-refractivity contribution in [3.63, 3.8) is 0 Å². The number of benzene rings is 1. The van der Waals surface area contributed by atoms with Gasteiger partial charge >= 0.3 is 0 Å². The fraction of sp³-hybridized carbons (Fsp3) is 0.263. The number of carbonyl (C=O) groups is 1. The average molecular weight is 396 g/mol. The number of aromatic nitrogens is 2. The molecule has 0 radical (unpaired) electrons. The van der Waals surface area contributed by atoms with Gasteiger partial charge in [0.1, 0.15) is 5.82 Å². The summed E-state index contributed by atoms with van der Waals surface area (Å²) in [5.41, 5.74) is 10.3. The summed E-state index contributed by atoms with van der Waals surface area (Å²) in [6.45, 7) is 2.00. The van der Waals surface area contributed by atoms with E-state index in [9.17, 15) is 10.1 Å². The summed E-state index contributed by atoms with van der Waals surface area (Å²) >= 11 is 6.42. The summed E-state index contributed by atoms with van der Waals surface area (Å²) in [6, 6.07) is 10.1. The Morgan fingerprint density at radius 3 is 2.74 bits per heavy atom. The molecule has 0 bridgehead atoms. The standard InChI is InChI=1S/C19H17N5OS2/c1-10-5-7-11(8-6-10)15-12(9-20)17(21)24(18-22-23-19(26)27-18)13-3-2-4-14(25)16(13)15/h5-8,15H,2-4,21H2,1H3,(H,23,26). The Kier molecular flexibility index (Phi) is 4.42. The van der Waals surface area contributed by atoms with E-state index in [4.69, 9.17) is 18.0 Å². The minimum absolute atomic E-state index is 0.0613. The Morgan fingerprint density at radius 2 is 2.11 bits per heavy atom. The number of nitrogens with zero attached hydrogens (tertiary/aromatic N) is 3. The van der Waals surface area contributed by atoms with E-state index in [0.717, 1.165) is 23.2 Å². The third kappa shape index (κ3) is 2.89. The molecule has 2 aromatic rings. The number of allylic oxidation sites excluding steroid dienone is 3. The number of hydrogen-bond acceptors (Lipinski definition) is 7. The molecule has 1 aliphatic carbocycles. The zero-order chi connectivity index (χ0) is 19.1. The smallest absolute Gasteiger partial charge is 0.216 e. The lowest BCUT2D eigenvalue weighted by molar-refractivity contribution is -0.116. The van der Waals surface area contributed by atoms with Gasteiger partial charge in [-0.3, -0.25) is 14.8 Å². The van der Waals surface area contributed by atoms with Gasteiger partial charge in [-0.15, -0.1) is 5.10 Å². The van der Waals surface area contributed by atoms with Crippen LogP contribution in [-0.4, -0.2) is 16.0 Å². The van der Waals surface area contributed by atoms with Crippen LogP contribution in [0.2, 0.25) is 0 Å². The van der Waals surface area contributed by atoms with Gasteiger partial charge in [-0.25, -0.2) is 0 Å². The van der Waals surface area contributed by atoms with Crippen molar-refractivity contribution in [1.29, 1.82) is 5.26 Å². The molecule has 4 rings (SSSR count). The number of hydrogen-bond donors (Lipinski definition) is 2. The van der Waals surface area contributed by atoms with Crippen LogP contribution in [0.25, 0.3) is 0 Å². The van der Waals surface area contributed by atoms with Gasteiger partial charge in [0.25, 0.3) is 0 Å². The number of rotatable bonds is 2. The Labute approximate surface area is 165 Å². The van der Waals surface area contributed by atoms with Gasteiger partial charge in [-0.05, 0) is 37.5 Å². The number of nitriles is 1. The Balaban J connectivity index is 1.97. The van der Waals surface area contributed by atoms with E-state index in [1.807, 2.05) is 31.2 Å². The second kappa shape index (κ2) is 6.76. The van der Waals surface area contributed by atoms with Crippen LogP contribution in [0.15, 0.2) is 46.9 Å². The molecule has 1 aromatic heterocycles. The van der Waals surface area contributed by atoms with Crippen molar-refractivity contribution in [3.8, 4) is 6.07 Å². The van der Waals surface area contributed by atoms with Gasteiger partial charge in [0.2, 0.25) is 5.13 Å². The number of H-pyrrole nitrogens is 1. The third-order valence-corrected chi connectivity index (χ3v) is 6.02. The number of Topliss-reactive ketones (excluding diaryl/α,β-unsaturated/α-hetero) is 1. The van der Waals surface area contributed by atoms with Gasteiger partial charge < -0.3 is 5.73 Å². The molecular weight excluding hydrogens is 378 g/mol. The third-order valence-electron chi connectivity index (χ3n) is 4.94. The summed E-state index contributed by atoms with van der Waals surface area (Å²) < 4.78 is 0.515. The maximum absolute atomic E-state index is 12.9. The topological polar surface area (TPSA) is 98.8 Å². The summed E-state index contributed by atoms with van der Waals surface area (Å²) in [7, 11) is 0. The molecule has 2 aliphatic rings. The molecule has 0 amide bonds. The average Bonchev–Trinajstić information content (AvgIpc) is 3.07.